The molecule has 2 N–H and O–H groups in total. The summed E-state index contributed by atoms with van der Waals surface area (Å²) in [5, 5.41) is 2.83. The van der Waals surface area contributed by atoms with Crippen molar-refractivity contribution in [2.45, 2.75) is 20.4 Å². The normalized spacial score (nSPS) is 12.9. The molecule has 3 rings (SSSR count). The van der Waals surface area contributed by atoms with E-state index in [2.05, 4.69) is 5.32 Å². The van der Waals surface area contributed by atoms with Crippen molar-refractivity contribution in [2.24, 2.45) is 0 Å². The summed E-state index contributed by atoms with van der Waals surface area (Å²) in [7, 11) is 3.53. The van der Waals surface area contributed by atoms with Gasteiger partial charge in [0.1, 0.15) is 6.54 Å². The van der Waals surface area contributed by atoms with E-state index in [1.807, 2.05) is 32.2 Å². The number of quaternary nitrogens is 1. The Morgan fingerprint density at radius 1 is 1.13 bits per heavy atom. The monoisotopic (exact) mass is 415 g/mol. The predicted octanol–water partition coefficient (Wildman–Crippen LogP) is 1.68. The minimum absolute atomic E-state index is 0.0997. The van der Waals surface area contributed by atoms with Crippen LogP contribution < -0.4 is 29.2 Å². The molecule has 1 atom stereocenters. The molecule has 0 radical (unpaired) electrons. The summed E-state index contributed by atoms with van der Waals surface area (Å²) >= 11 is 0. The zero-order valence-electron chi connectivity index (χ0n) is 17.7. The fourth-order valence-corrected chi connectivity index (χ4v) is 3.31. The van der Waals surface area contributed by atoms with Crippen LogP contribution in [-0.2, 0) is 11.3 Å². The lowest BCUT2D eigenvalue weighted by Gasteiger charge is -2.16. The van der Waals surface area contributed by atoms with E-state index in [9.17, 15) is 9.59 Å². The van der Waals surface area contributed by atoms with Gasteiger partial charge in [0.15, 0.2) is 35.3 Å². The van der Waals surface area contributed by atoms with Crippen molar-refractivity contribution < 1.29 is 33.4 Å². The van der Waals surface area contributed by atoms with Crippen LogP contribution >= 0.6 is 0 Å². The summed E-state index contributed by atoms with van der Waals surface area (Å²) in [4.78, 5) is 25.5. The molecule has 160 valence electrons. The second kappa shape index (κ2) is 9.49. The summed E-state index contributed by atoms with van der Waals surface area (Å²) in [6.07, 6.45) is 0. The van der Waals surface area contributed by atoms with Gasteiger partial charge in [-0.3, -0.25) is 9.59 Å². The molecule has 2 aromatic rings. The quantitative estimate of drug-likeness (QED) is 0.606. The SMILES string of the molecule is CCOc1ccc(C[NH+](C)CC(=O)Nc2cc3c(cc2C(C)=O)OCO3)cc1OC. The fraction of sp³-hybridized carbons (Fsp3) is 0.364. The standard InChI is InChI=1S/C22H26N2O6/c1-5-28-18-7-6-15(8-19(18)27-4)11-24(3)12-22(26)23-17-10-21-20(29-13-30-21)9-16(17)14(2)25/h6-10H,5,11-13H2,1-4H3,(H,23,26)/p+1. The highest BCUT2D eigenvalue weighted by Crippen LogP contribution is 2.37. The summed E-state index contributed by atoms with van der Waals surface area (Å²) in [5.74, 6) is 2.01. The van der Waals surface area contributed by atoms with Gasteiger partial charge in [-0.1, -0.05) is 0 Å². The summed E-state index contributed by atoms with van der Waals surface area (Å²) in [5.41, 5.74) is 1.84. The van der Waals surface area contributed by atoms with Crippen LogP contribution in [0.2, 0.25) is 0 Å². The molecule has 0 bridgehead atoms. The number of hydrogen-bond acceptors (Lipinski definition) is 6. The van der Waals surface area contributed by atoms with E-state index < -0.39 is 0 Å². The van der Waals surface area contributed by atoms with Crippen molar-refractivity contribution in [1.29, 1.82) is 0 Å². The Balaban J connectivity index is 1.65. The second-order valence-corrected chi connectivity index (χ2v) is 7.08. The Kier molecular flexibility index (Phi) is 6.79. The molecular formula is C22H27N2O6+. The predicted molar refractivity (Wildman–Crippen MR) is 111 cm³/mol. The Hall–Kier alpha value is -3.26. The third-order valence-electron chi connectivity index (χ3n) is 4.66. The number of rotatable bonds is 9. The van der Waals surface area contributed by atoms with Gasteiger partial charge in [0.05, 0.1) is 26.5 Å². The molecule has 8 nitrogen and oxygen atoms in total. The molecule has 0 aliphatic carbocycles. The molecule has 0 saturated carbocycles. The number of anilines is 1. The minimum Gasteiger partial charge on any atom is -0.493 e. The second-order valence-electron chi connectivity index (χ2n) is 7.08. The number of likely N-dealkylation sites (N-methyl/N-ethyl adjacent to an activating group) is 1. The van der Waals surface area contributed by atoms with Crippen molar-refractivity contribution in [2.75, 3.05) is 39.4 Å². The highest BCUT2D eigenvalue weighted by Gasteiger charge is 2.21. The van der Waals surface area contributed by atoms with Crippen LogP contribution in [0.15, 0.2) is 30.3 Å². The first kappa shape index (κ1) is 21.4. The number of methoxy groups -OCH3 is 1. The number of benzene rings is 2. The topological polar surface area (TPSA) is 87.5 Å². The molecule has 1 aliphatic rings. The number of carbonyl (C=O) groups excluding carboxylic acids is 2. The minimum atomic E-state index is -0.202. The Morgan fingerprint density at radius 2 is 1.87 bits per heavy atom. The van der Waals surface area contributed by atoms with Gasteiger partial charge in [0.25, 0.3) is 5.91 Å². The molecule has 0 fully saturated rings. The molecule has 0 spiro atoms. The van der Waals surface area contributed by atoms with Crippen LogP contribution in [0.3, 0.4) is 0 Å². The Labute approximate surface area is 175 Å². The third kappa shape index (κ3) is 5.01. The number of ether oxygens (including phenoxy) is 4. The molecule has 1 amide bonds. The Morgan fingerprint density at radius 3 is 2.53 bits per heavy atom. The van der Waals surface area contributed by atoms with Crippen LogP contribution in [0.4, 0.5) is 5.69 Å². The van der Waals surface area contributed by atoms with Crippen molar-refractivity contribution in [3.63, 3.8) is 0 Å². The van der Waals surface area contributed by atoms with Crippen molar-refractivity contribution in [1.82, 2.24) is 0 Å². The lowest BCUT2D eigenvalue weighted by Crippen LogP contribution is -3.08. The van der Waals surface area contributed by atoms with Crippen molar-refractivity contribution >= 4 is 17.4 Å². The van der Waals surface area contributed by atoms with E-state index in [1.54, 1.807) is 19.2 Å². The summed E-state index contributed by atoms with van der Waals surface area (Å²) in [6.45, 7) is 4.87. The van der Waals surface area contributed by atoms with Gasteiger partial charge in [0.2, 0.25) is 6.79 Å². The van der Waals surface area contributed by atoms with Crippen LogP contribution in [0.5, 0.6) is 23.0 Å². The number of ketones is 1. The van der Waals surface area contributed by atoms with E-state index in [0.29, 0.717) is 47.4 Å². The average Bonchev–Trinajstić information content (AvgIpc) is 3.15. The summed E-state index contributed by atoms with van der Waals surface area (Å²) < 4.78 is 21.6. The van der Waals surface area contributed by atoms with Gasteiger partial charge >= 0.3 is 0 Å². The van der Waals surface area contributed by atoms with Crippen LogP contribution in [0.1, 0.15) is 29.8 Å². The van der Waals surface area contributed by atoms with Gasteiger partial charge in [-0.15, -0.1) is 0 Å². The number of Topliss-reactive ketones (excluding diaryl/α,β-unsaturated/α-hetero) is 1. The first-order valence-corrected chi connectivity index (χ1v) is 9.76. The summed E-state index contributed by atoms with van der Waals surface area (Å²) in [6, 6.07) is 8.97. The maximum absolute atomic E-state index is 12.6. The first-order valence-electron chi connectivity index (χ1n) is 9.76. The number of fused-ring (bicyclic) bond motifs is 1. The Bertz CT molecular complexity index is 943. The zero-order chi connectivity index (χ0) is 21.7. The number of nitrogens with one attached hydrogen (secondary N) is 2. The molecule has 30 heavy (non-hydrogen) atoms. The largest absolute Gasteiger partial charge is 0.493 e. The molecule has 2 aromatic carbocycles. The van der Waals surface area contributed by atoms with Crippen molar-refractivity contribution in [3.8, 4) is 23.0 Å². The maximum atomic E-state index is 12.6. The zero-order valence-corrected chi connectivity index (χ0v) is 17.7. The van der Waals surface area contributed by atoms with Crippen LogP contribution in [0, 0.1) is 0 Å². The fourth-order valence-electron chi connectivity index (χ4n) is 3.31. The molecular weight excluding hydrogens is 388 g/mol. The molecule has 0 saturated heterocycles. The smallest absolute Gasteiger partial charge is 0.279 e. The van der Waals surface area contributed by atoms with E-state index in [1.165, 1.54) is 6.92 Å². The first-order chi connectivity index (χ1) is 14.4. The number of hydrogen-bond donors (Lipinski definition) is 2. The van der Waals surface area contributed by atoms with E-state index in [0.717, 1.165) is 10.5 Å². The maximum Gasteiger partial charge on any atom is 0.279 e. The molecule has 1 aliphatic heterocycles. The van der Waals surface area contributed by atoms with Crippen LogP contribution in [0.25, 0.3) is 0 Å². The highest BCUT2D eigenvalue weighted by molar-refractivity contribution is 6.04. The average molecular weight is 415 g/mol. The number of carbonyl (C=O) groups is 2. The molecule has 1 unspecified atom stereocenters. The highest BCUT2D eigenvalue weighted by atomic mass is 16.7. The number of amides is 1. The molecule has 0 aromatic heterocycles. The third-order valence-corrected chi connectivity index (χ3v) is 4.66. The van der Waals surface area contributed by atoms with Crippen molar-refractivity contribution in [3.05, 3.63) is 41.5 Å². The lowest BCUT2D eigenvalue weighted by atomic mass is 10.1. The van der Waals surface area contributed by atoms with E-state index in [-0.39, 0.29) is 25.0 Å². The van der Waals surface area contributed by atoms with Crippen LogP contribution in [-0.4, -0.2) is 45.8 Å². The van der Waals surface area contributed by atoms with Gasteiger partial charge in [0, 0.05) is 17.2 Å². The van der Waals surface area contributed by atoms with Gasteiger partial charge in [-0.2, -0.15) is 0 Å². The van der Waals surface area contributed by atoms with Gasteiger partial charge in [-0.25, -0.2) is 0 Å². The van der Waals surface area contributed by atoms with E-state index in [4.69, 9.17) is 18.9 Å². The van der Waals surface area contributed by atoms with Gasteiger partial charge < -0.3 is 29.2 Å². The molecule has 1 heterocycles. The van der Waals surface area contributed by atoms with Gasteiger partial charge in [-0.05, 0) is 38.1 Å². The van der Waals surface area contributed by atoms with E-state index >= 15 is 0 Å². The lowest BCUT2D eigenvalue weighted by molar-refractivity contribution is -0.885. The molecule has 8 heteroatoms.